The van der Waals surface area contributed by atoms with E-state index in [1.54, 1.807) is 6.26 Å². The molecule has 1 fully saturated rings. The highest BCUT2D eigenvalue weighted by Crippen LogP contribution is 2.42. The van der Waals surface area contributed by atoms with Gasteiger partial charge in [-0.2, -0.15) is 0 Å². The molecular formula is C17H30N2O. The van der Waals surface area contributed by atoms with Gasteiger partial charge in [0.2, 0.25) is 0 Å². The molecule has 1 aliphatic rings. The van der Waals surface area contributed by atoms with Gasteiger partial charge in [-0.05, 0) is 44.7 Å². The zero-order chi connectivity index (χ0) is 14.8. The number of furan rings is 1. The molecule has 1 aromatic heterocycles. The predicted octanol–water partition coefficient (Wildman–Crippen LogP) is 3.56. The zero-order valence-corrected chi connectivity index (χ0v) is 13.5. The van der Waals surface area contributed by atoms with Crippen molar-refractivity contribution in [3.8, 4) is 0 Å². The maximum Gasteiger partial charge on any atom is 0.105 e. The summed E-state index contributed by atoms with van der Waals surface area (Å²) >= 11 is 0. The minimum absolute atomic E-state index is 0.149. The molecule has 3 nitrogen and oxygen atoms in total. The second-order valence-electron chi connectivity index (χ2n) is 6.76. The highest BCUT2D eigenvalue weighted by molar-refractivity contribution is 5.16. The summed E-state index contributed by atoms with van der Waals surface area (Å²) in [4.78, 5) is 2.49. The number of nitrogens with two attached hydrogens (primary N) is 1. The molecule has 20 heavy (non-hydrogen) atoms. The Labute approximate surface area is 123 Å². The van der Waals surface area contributed by atoms with Crippen molar-refractivity contribution in [1.29, 1.82) is 0 Å². The van der Waals surface area contributed by atoms with E-state index in [1.165, 1.54) is 31.2 Å². The van der Waals surface area contributed by atoms with Crippen LogP contribution < -0.4 is 5.73 Å². The highest BCUT2D eigenvalue weighted by Gasteiger charge is 2.44. The molecule has 2 unspecified atom stereocenters. The first-order valence-electron chi connectivity index (χ1n) is 7.95. The maximum atomic E-state index is 6.27. The molecule has 0 radical (unpaired) electrons. The average Bonchev–Trinajstić information content (AvgIpc) is 2.83. The Hall–Kier alpha value is -0.800. The van der Waals surface area contributed by atoms with Crippen molar-refractivity contribution in [1.82, 2.24) is 4.90 Å². The van der Waals surface area contributed by atoms with Crippen LogP contribution >= 0.6 is 0 Å². The fraction of sp³-hybridized carbons (Fsp3) is 0.765. The fourth-order valence-corrected chi connectivity index (χ4v) is 4.07. The maximum absolute atomic E-state index is 6.27. The van der Waals surface area contributed by atoms with E-state index in [1.807, 2.05) is 6.92 Å². The first kappa shape index (κ1) is 15.6. The molecule has 1 aliphatic carbocycles. The van der Waals surface area contributed by atoms with Crippen molar-refractivity contribution in [2.24, 2.45) is 17.6 Å². The van der Waals surface area contributed by atoms with Crippen molar-refractivity contribution in [3.63, 3.8) is 0 Å². The van der Waals surface area contributed by atoms with Gasteiger partial charge in [-0.25, -0.2) is 0 Å². The Bertz CT molecular complexity index is 426. The van der Waals surface area contributed by atoms with Gasteiger partial charge >= 0.3 is 0 Å². The van der Waals surface area contributed by atoms with Crippen molar-refractivity contribution in [3.05, 3.63) is 23.7 Å². The normalized spacial score (nSPS) is 27.4. The summed E-state index contributed by atoms with van der Waals surface area (Å²) < 4.78 is 5.44. The van der Waals surface area contributed by atoms with Crippen LogP contribution in [-0.2, 0) is 6.54 Å². The Kier molecular flexibility index (Phi) is 4.92. The molecule has 1 saturated carbocycles. The third kappa shape index (κ3) is 2.79. The van der Waals surface area contributed by atoms with Gasteiger partial charge in [0.05, 0.1) is 6.26 Å². The van der Waals surface area contributed by atoms with Gasteiger partial charge < -0.3 is 10.2 Å². The number of rotatable bonds is 5. The van der Waals surface area contributed by atoms with Crippen LogP contribution in [0.5, 0.6) is 0 Å². The SMILES string of the molecule is Cc1occc1CN(C)C1(CN)CCCCC1C(C)C. The summed E-state index contributed by atoms with van der Waals surface area (Å²) in [5.41, 5.74) is 7.70. The summed E-state index contributed by atoms with van der Waals surface area (Å²) in [7, 11) is 2.24. The standard InChI is InChI=1S/C17H30N2O/c1-13(2)16-7-5-6-9-17(16,12-18)19(4)11-15-8-10-20-14(15)3/h8,10,13,16H,5-7,9,11-12,18H2,1-4H3. The number of nitrogens with zero attached hydrogens (tertiary/aromatic N) is 1. The fourth-order valence-electron chi connectivity index (χ4n) is 4.07. The first-order valence-corrected chi connectivity index (χ1v) is 7.95. The van der Waals surface area contributed by atoms with Gasteiger partial charge in [-0.15, -0.1) is 0 Å². The summed E-state index contributed by atoms with van der Waals surface area (Å²) in [5.74, 6) is 2.41. The molecule has 0 saturated heterocycles. The van der Waals surface area contributed by atoms with E-state index in [2.05, 4.69) is 31.9 Å². The van der Waals surface area contributed by atoms with Crippen molar-refractivity contribution >= 4 is 0 Å². The van der Waals surface area contributed by atoms with E-state index in [0.717, 1.165) is 18.8 Å². The third-order valence-corrected chi connectivity index (χ3v) is 5.36. The molecule has 0 aromatic carbocycles. The largest absolute Gasteiger partial charge is 0.469 e. The lowest BCUT2D eigenvalue weighted by Crippen LogP contribution is -2.59. The Morgan fingerprint density at radius 2 is 2.20 bits per heavy atom. The first-order chi connectivity index (χ1) is 9.51. The van der Waals surface area contributed by atoms with Crippen LogP contribution in [-0.4, -0.2) is 24.0 Å². The zero-order valence-electron chi connectivity index (χ0n) is 13.5. The molecule has 1 heterocycles. The number of likely N-dealkylation sites (N-methyl/N-ethyl adjacent to an activating group) is 1. The summed E-state index contributed by atoms with van der Waals surface area (Å²) in [5, 5.41) is 0. The monoisotopic (exact) mass is 278 g/mol. The molecule has 114 valence electrons. The van der Waals surface area contributed by atoms with Crippen LogP contribution in [0.1, 0.15) is 50.9 Å². The van der Waals surface area contributed by atoms with E-state index in [-0.39, 0.29) is 5.54 Å². The number of hydrogen-bond donors (Lipinski definition) is 1. The van der Waals surface area contributed by atoms with Crippen LogP contribution in [0.25, 0.3) is 0 Å². The van der Waals surface area contributed by atoms with Crippen molar-refractivity contribution in [2.45, 2.75) is 58.5 Å². The summed E-state index contributed by atoms with van der Waals surface area (Å²) in [6.07, 6.45) is 6.97. The molecule has 0 amide bonds. The minimum Gasteiger partial charge on any atom is -0.469 e. The van der Waals surface area contributed by atoms with Crippen molar-refractivity contribution < 1.29 is 4.42 Å². The van der Waals surface area contributed by atoms with Crippen LogP contribution in [0.4, 0.5) is 0 Å². The van der Waals surface area contributed by atoms with E-state index in [9.17, 15) is 0 Å². The Morgan fingerprint density at radius 3 is 2.75 bits per heavy atom. The van der Waals surface area contributed by atoms with Gasteiger partial charge in [-0.3, -0.25) is 4.90 Å². The van der Waals surface area contributed by atoms with Crippen LogP contribution in [0.2, 0.25) is 0 Å². The lowest BCUT2D eigenvalue weighted by molar-refractivity contribution is -0.00204. The van der Waals surface area contributed by atoms with E-state index in [4.69, 9.17) is 10.2 Å². The van der Waals surface area contributed by atoms with Crippen LogP contribution in [0, 0.1) is 18.8 Å². The molecule has 2 N–H and O–H groups in total. The Morgan fingerprint density at radius 1 is 1.45 bits per heavy atom. The van der Waals surface area contributed by atoms with Gasteiger partial charge in [0.1, 0.15) is 5.76 Å². The molecule has 2 atom stereocenters. The van der Waals surface area contributed by atoms with Crippen LogP contribution in [0.3, 0.4) is 0 Å². The summed E-state index contributed by atoms with van der Waals surface area (Å²) in [6, 6.07) is 2.09. The smallest absolute Gasteiger partial charge is 0.105 e. The quantitative estimate of drug-likeness (QED) is 0.895. The lowest BCUT2D eigenvalue weighted by atomic mass is 9.67. The molecule has 1 aromatic rings. The van der Waals surface area contributed by atoms with Gasteiger partial charge in [-0.1, -0.05) is 26.7 Å². The topological polar surface area (TPSA) is 42.4 Å². The molecule has 0 spiro atoms. The highest BCUT2D eigenvalue weighted by atomic mass is 16.3. The van der Waals surface area contributed by atoms with E-state index >= 15 is 0 Å². The predicted molar refractivity (Wildman–Crippen MR) is 83.5 cm³/mol. The van der Waals surface area contributed by atoms with Gasteiger partial charge in [0, 0.05) is 24.2 Å². The van der Waals surface area contributed by atoms with Crippen molar-refractivity contribution in [2.75, 3.05) is 13.6 Å². The number of aryl methyl sites for hydroxylation is 1. The second kappa shape index (κ2) is 6.31. The number of hydrogen-bond acceptors (Lipinski definition) is 3. The molecule has 3 heteroatoms. The minimum atomic E-state index is 0.149. The van der Waals surface area contributed by atoms with E-state index < -0.39 is 0 Å². The van der Waals surface area contributed by atoms with Gasteiger partial charge in [0.15, 0.2) is 0 Å². The third-order valence-electron chi connectivity index (χ3n) is 5.36. The second-order valence-corrected chi connectivity index (χ2v) is 6.76. The Balaban J connectivity index is 2.21. The van der Waals surface area contributed by atoms with E-state index in [0.29, 0.717) is 11.8 Å². The summed E-state index contributed by atoms with van der Waals surface area (Å²) in [6.45, 7) is 8.42. The molecular weight excluding hydrogens is 248 g/mol. The van der Waals surface area contributed by atoms with Crippen LogP contribution in [0.15, 0.2) is 16.7 Å². The lowest BCUT2D eigenvalue weighted by Gasteiger charge is -2.51. The van der Waals surface area contributed by atoms with Gasteiger partial charge in [0.25, 0.3) is 0 Å². The molecule has 0 aliphatic heterocycles. The molecule has 2 rings (SSSR count). The molecule has 0 bridgehead atoms. The average molecular weight is 278 g/mol.